The summed E-state index contributed by atoms with van der Waals surface area (Å²) in [5, 5.41) is 0. The fourth-order valence-corrected chi connectivity index (χ4v) is 9.65. The second-order valence-corrected chi connectivity index (χ2v) is 18.1. The molecule has 0 radical (unpaired) electrons. The number of aromatic nitrogens is 8. The van der Waals surface area contributed by atoms with Crippen molar-refractivity contribution >= 4 is 28.4 Å². The molecule has 8 heterocycles. The van der Waals surface area contributed by atoms with Crippen molar-refractivity contribution in [2.75, 3.05) is 9.80 Å². The average Bonchev–Trinajstić information content (AvgIpc) is 3.57. The van der Waals surface area contributed by atoms with Gasteiger partial charge >= 0.3 is 0 Å². The van der Waals surface area contributed by atoms with Crippen molar-refractivity contribution in [3.05, 3.63) is 255 Å². The van der Waals surface area contributed by atoms with Crippen LogP contribution in [0.25, 0.3) is 79.5 Å². The predicted octanol–water partition coefficient (Wildman–Crippen LogP) is 15.6. The van der Waals surface area contributed by atoms with Gasteiger partial charge in [-0.05, 0) is 158 Å². The molecule has 0 amide bonds. The molecular formula is C65H44N10O2. The van der Waals surface area contributed by atoms with E-state index in [1.807, 2.05) is 165 Å². The van der Waals surface area contributed by atoms with Gasteiger partial charge in [0.2, 0.25) is 0 Å². The number of anilines is 5. The highest BCUT2D eigenvalue weighted by atomic mass is 16.5. The van der Waals surface area contributed by atoms with Gasteiger partial charge in [-0.3, -0.25) is 19.9 Å². The summed E-state index contributed by atoms with van der Waals surface area (Å²) in [6.45, 7) is 6.00. The second kappa shape index (κ2) is 19.9. The quantitative estimate of drug-likeness (QED) is 0.114. The van der Waals surface area contributed by atoms with E-state index >= 15 is 0 Å². The van der Waals surface area contributed by atoms with Crippen molar-refractivity contribution in [3.63, 3.8) is 0 Å². The summed E-state index contributed by atoms with van der Waals surface area (Å²) in [7, 11) is 0. The van der Waals surface area contributed by atoms with Crippen molar-refractivity contribution in [1.82, 2.24) is 39.9 Å². The zero-order valence-corrected chi connectivity index (χ0v) is 41.5. The lowest BCUT2D eigenvalue weighted by molar-refractivity contribution is 0.414. The summed E-state index contributed by atoms with van der Waals surface area (Å²) in [5.74, 6) is 3.81. The molecule has 0 unspecified atom stereocenters. The van der Waals surface area contributed by atoms with Gasteiger partial charge in [-0.2, -0.15) is 0 Å². The summed E-state index contributed by atoms with van der Waals surface area (Å²) in [6.07, 6.45) is 12.8. The van der Waals surface area contributed by atoms with Crippen LogP contribution in [0.3, 0.4) is 0 Å². The molecule has 0 atom stereocenters. The Morgan fingerprint density at radius 1 is 0.377 bits per heavy atom. The number of rotatable bonds is 11. The van der Waals surface area contributed by atoms with Crippen molar-refractivity contribution in [2.45, 2.75) is 6.92 Å². The molecule has 6 aromatic heterocycles. The van der Waals surface area contributed by atoms with Crippen LogP contribution in [0.1, 0.15) is 6.92 Å². The van der Waals surface area contributed by atoms with Crippen LogP contribution in [0.4, 0.5) is 28.4 Å². The van der Waals surface area contributed by atoms with Crippen LogP contribution in [-0.2, 0) is 0 Å². The highest BCUT2D eigenvalue weighted by Crippen LogP contribution is 2.53. The molecule has 0 fully saturated rings. The van der Waals surface area contributed by atoms with Crippen LogP contribution in [0.2, 0.25) is 0 Å². The first-order chi connectivity index (χ1) is 38.0. The number of hydrogen-bond acceptors (Lipinski definition) is 12. The molecule has 13 rings (SSSR count). The lowest BCUT2D eigenvalue weighted by Gasteiger charge is -2.36. The molecule has 11 aromatic rings. The van der Waals surface area contributed by atoms with Crippen molar-refractivity contribution < 1.29 is 9.47 Å². The molecule has 0 N–H and O–H groups in total. The Balaban J connectivity index is 1.11. The van der Waals surface area contributed by atoms with Crippen LogP contribution in [0, 0.1) is 0 Å². The molecule has 77 heavy (non-hydrogen) atoms. The number of pyridine rings is 4. The number of allylic oxidation sites excluding steroid dienone is 4. The highest BCUT2D eigenvalue weighted by molar-refractivity contribution is 5.92. The van der Waals surface area contributed by atoms with E-state index in [-0.39, 0.29) is 0 Å². The number of ether oxygens (including phenoxy) is 2. The molecule has 2 aliphatic heterocycles. The maximum atomic E-state index is 6.57. The number of nitrogens with zero attached hydrogens (tertiary/aromatic N) is 10. The topological polar surface area (TPSA) is 128 Å². The van der Waals surface area contributed by atoms with Gasteiger partial charge in [0.05, 0.1) is 68.3 Å². The summed E-state index contributed by atoms with van der Waals surface area (Å²) in [4.78, 5) is 44.5. The maximum Gasteiger partial charge on any atom is 0.160 e. The number of benzene rings is 5. The third kappa shape index (κ3) is 9.02. The van der Waals surface area contributed by atoms with Gasteiger partial charge in [-0.15, -0.1) is 0 Å². The van der Waals surface area contributed by atoms with E-state index in [4.69, 9.17) is 49.3 Å². The van der Waals surface area contributed by atoms with Gasteiger partial charge < -0.3 is 19.3 Å². The van der Waals surface area contributed by atoms with Crippen molar-refractivity contribution in [1.29, 1.82) is 0 Å². The summed E-state index contributed by atoms with van der Waals surface area (Å²) >= 11 is 0. The first kappa shape index (κ1) is 46.1. The predicted molar refractivity (Wildman–Crippen MR) is 303 cm³/mol. The molecule has 12 nitrogen and oxygen atoms in total. The van der Waals surface area contributed by atoms with E-state index in [1.54, 1.807) is 30.9 Å². The Bertz CT molecular complexity index is 3790. The summed E-state index contributed by atoms with van der Waals surface area (Å²) in [6, 6.07) is 64.2. The van der Waals surface area contributed by atoms with Gasteiger partial charge in [0.15, 0.2) is 28.9 Å². The van der Waals surface area contributed by atoms with Gasteiger partial charge in [-0.25, -0.2) is 19.9 Å². The fourth-order valence-electron chi connectivity index (χ4n) is 9.65. The molecule has 0 saturated heterocycles. The smallest absolute Gasteiger partial charge is 0.160 e. The zero-order valence-electron chi connectivity index (χ0n) is 41.5. The number of fused-ring (bicyclic) bond motifs is 3. The van der Waals surface area contributed by atoms with Crippen LogP contribution in [0.15, 0.2) is 255 Å². The minimum absolute atomic E-state index is 0.452. The van der Waals surface area contributed by atoms with Gasteiger partial charge in [0.25, 0.3) is 0 Å². The normalized spacial score (nSPS) is 12.6. The second-order valence-electron chi connectivity index (χ2n) is 18.1. The van der Waals surface area contributed by atoms with E-state index < -0.39 is 0 Å². The van der Waals surface area contributed by atoms with Crippen LogP contribution >= 0.6 is 0 Å². The lowest BCUT2D eigenvalue weighted by Crippen LogP contribution is -2.23. The van der Waals surface area contributed by atoms with E-state index in [0.29, 0.717) is 68.3 Å². The monoisotopic (exact) mass is 996 g/mol. The molecular weight excluding hydrogens is 953 g/mol. The van der Waals surface area contributed by atoms with E-state index in [9.17, 15) is 0 Å². The number of hydrogen-bond donors (Lipinski definition) is 0. The summed E-state index contributed by atoms with van der Waals surface area (Å²) in [5.41, 5.74) is 13.6. The Hall–Kier alpha value is -10.7. The van der Waals surface area contributed by atoms with Gasteiger partial charge in [-0.1, -0.05) is 79.4 Å². The molecule has 0 aliphatic carbocycles. The molecule has 0 spiro atoms. The fraction of sp³-hybridized carbons (Fsp3) is 0.0154. The Kier molecular flexibility index (Phi) is 11.9. The molecule has 0 saturated carbocycles. The third-order valence-electron chi connectivity index (χ3n) is 13.2. The van der Waals surface area contributed by atoms with E-state index in [0.717, 1.165) is 68.3 Å². The van der Waals surface area contributed by atoms with Gasteiger partial charge in [0.1, 0.15) is 5.76 Å². The lowest BCUT2D eigenvalue weighted by atomic mass is 9.96. The summed E-state index contributed by atoms with van der Waals surface area (Å²) < 4.78 is 13.1. The van der Waals surface area contributed by atoms with Crippen molar-refractivity contribution in [2.24, 2.45) is 0 Å². The minimum Gasteiger partial charge on any atom is -0.458 e. The van der Waals surface area contributed by atoms with E-state index in [1.165, 1.54) is 0 Å². The van der Waals surface area contributed by atoms with Crippen LogP contribution in [-0.4, -0.2) is 39.9 Å². The SMILES string of the molecule is C=C/C=C\C1=C(C)Oc2ccccc2N1c1cc(-c2cc(-c3nc(-c4ccccn4)cc(-c4ccccn4)n3)cc(-c3nc(-c4ccccn4)cc(-c4ccccn4)n3)c2)cc(N2c3ccccc3Oc3ccccc32)c1. The van der Waals surface area contributed by atoms with Gasteiger partial charge in [0, 0.05) is 47.3 Å². The van der Waals surface area contributed by atoms with Crippen LogP contribution < -0.4 is 19.3 Å². The standard InChI is InChI=1S/C65H44N10O2/c1-3-4-23-57-42(2)76-61-27-8-5-24-58(61)74(57)47-37-44(38-48(39-47)75-59-25-6-9-28-62(59)77-63-29-10-7-26-60(63)75)43-34-45(64-70-53(49-19-11-15-30-66-49)40-54(71-64)50-20-12-16-31-67-50)36-46(35-43)65-72-55(51-21-13-17-32-68-51)41-56(73-65)52-22-14-18-33-69-52/h3-41H,1H2,2H3/b23-4-. The molecule has 0 bridgehead atoms. The molecule has 12 heteroatoms. The Labute approximate surface area is 444 Å². The first-order valence-corrected chi connectivity index (χ1v) is 25.0. The highest BCUT2D eigenvalue weighted by Gasteiger charge is 2.30. The minimum atomic E-state index is 0.452. The zero-order chi connectivity index (χ0) is 51.7. The van der Waals surface area contributed by atoms with Crippen molar-refractivity contribution in [3.8, 4) is 96.7 Å². The molecule has 366 valence electrons. The Morgan fingerprint density at radius 3 is 1.18 bits per heavy atom. The van der Waals surface area contributed by atoms with E-state index in [2.05, 4.69) is 64.9 Å². The third-order valence-corrected chi connectivity index (χ3v) is 13.2. The van der Waals surface area contributed by atoms with Crippen LogP contribution in [0.5, 0.6) is 17.2 Å². The molecule has 2 aliphatic rings. The number of para-hydroxylation sites is 6. The molecule has 5 aromatic carbocycles. The maximum absolute atomic E-state index is 6.57. The Morgan fingerprint density at radius 2 is 0.753 bits per heavy atom. The first-order valence-electron chi connectivity index (χ1n) is 25.0. The average molecular weight is 997 g/mol. The largest absolute Gasteiger partial charge is 0.458 e.